The summed E-state index contributed by atoms with van der Waals surface area (Å²) in [6.07, 6.45) is 1.48. The van der Waals surface area contributed by atoms with Gasteiger partial charge in [-0.05, 0) is 37.5 Å². The maximum atomic E-state index is 11.9. The molecule has 0 saturated heterocycles. The molecule has 2 N–H and O–H groups in total. The zero-order chi connectivity index (χ0) is 15.5. The van der Waals surface area contributed by atoms with Crippen molar-refractivity contribution in [1.29, 1.82) is 0 Å². The van der Waals surface area contributed by atoms with Crippen LogP contribution in [0.15, 0.2) is 24.3 Å². The molecule has 4 heteroatoms. The summed E-state index contributed by atoms with van der Waals surface area (Å²) in [7, 11) is 0. The molecule has 0 aliphatic heterocycles. The Morgan fingerprint density at radius 3 is 2.86 bits per heavy atom. The van der Waals surface area contributed by atoms with Crippen molar-refractivity contribution < 1.29 is 14.6 Å². The summed E-state index contributed by atoms with van der Waals surface area (Å²) in [5, 5.41) is 12.6. The average Bonchev–Trinajstić information content (AvgIpc) is 2.43. The summed E-state index contributed by atoms with van der Waals surface area (Å²) < 4.78 is 5.62. The van der Waals surface area contributed by atoms with Gasteiger partial charge in [-0.3, -0.25) is 4.79 Å². The molecular weight excluding hydrogens is 266 g/mol. The Bertz CT molecular complexity index is 499. The van der Waals surface area contributed by atoms with Crippen molar-refractivity contribution in [3.8, 4) is 5.75 Å². The van der Waals surface area contributed by atoms with E-state index < -0.39 is 0 Å². The molecule has 2 atom stereocenters. The Kier molecular flexibility index (Phi) is 4.88. The third kappa shape index (κ3) is 3.97. The average molecular weight is 291 g/mol. The first kappa shape index (κ1) is 15.8. The predicted molar refractivity (Wildman–Crippen MR) is 82.2 cm³/mol. The monoisotopic (exact) mass is 291 g/mol. The van der Waals surface area contributed by atoms with Crippen LogP contribution >= 0.6 is 0 Å². The van der Waals surface area contributed by atoms with Crippen molar-refractivity contribution in [2.24, 2.45) is 5.41 Å². The highest BCUT2D eigenvalue weighted by atomic mass is 16.5. The van der Waals surface area contributed by atoms with Crippen LogP contribution in [-0.2, 0) is 4.79 Å². The quantitative estimate of drug-likeness (QED) is 0.791. The number of hydrogen-bond acceptors (Lipinski definition) is 3. The zero-order valence-corrected chi connectivity index (χ0v) is 13.1. The molecule has 21 heavy (non-hydrogen) atoms. The highest BCUT2D eigenvalue weighted by Gasteiger charge is 2.47. The number of carbonyl (C=O) groups excluding carboxylic acids is 1. The van der Waals surface area contributed by atoms with Crippen LogP contribution in [0.25, 0.3) is 0 Å². The first-order valence-corrected chi connectivity index (χ1v) is 7.56. The number of hydrogen-bond donors (Lipinski definition) is 2. The third-order valence-corrected chi connectivity index (χ3v) is 4.36. The number of aliphatic hydroxyl groups excluding tert-OH is 1. The van der Waals surface area contributed by atoms with E-state index in [2.05, 4.69) is 5.32 Å². The molecule has 1 aromatic rings. The van der Waals surface area contributed by atoms with E-state index in [9.17, 15) is 9.90 Å². The SMILES string of the molecule is Cc1cccc(OCCCC(=O)NC2CC(O)C2(C)C)c1. The van der Waals surface area contributed by atoms with Crippen LogP contribution in [0.1, 0.15) is 38.7 Å². The van der Waals surface area contributed by atoms with Gasteiger partial charge in [-0.1, -0.05) is 26.0 Å². The number of carbonyl (C=O) groups is 1. The number of rotatable bonds is 6. The molecule has 0 radical (unpaired) electrons. The first-order valence-electron chi connectivity index (χ1n) is 7.56. The number of amides is 1. The van der Waals surface area contributed by atoms with E-state index in [0.717, 1.165) is 11.3 Å². The topological polar surface area (TPSA) is 58.6 Å². The highest BCUT2D eigenvalue weighted by molar-refractivity contribution is 5.76. The van der Waals surface area contributed by atoms with Gasteiger partial charge in [0.1, 0.15) is 5.75 Å². The third-order valence-electron chi connectivity index (χ3n) is 4.36. The lowest BCUT2D eigenvalue weighted by Gasteiger charge is -2.49. The first-order chi connectivity index (χ1) is 9.89. The van der Waals surface area contributed by atoms with E-state index in [1.165, 1.54) is 0 Å². The van der Waals surface area contributed by atoms with Gasteiger partial charge in [-0.25, -0.2) is 0 Å². The van der Waals surface area contributed by atoms with Crippen molar-refractivity contribution in [2.45, 2.75) is 52.2 Å². The number of nitrogens with one attached hydrogen (secondary N) is 1. The Hall–Kier alpha value is -1.55. The molecule has 0 spiro atoms. The molecule has 1 saturated carbocycles. The summed E-state index contributed by atoms with van der Waals surface area (Å²) in [5.74, 6) is 0.881. The van der Waals surface area contributed by atoms with E-state index in [-0.39, 0.29) is 23.5 Å². The second kappa shape index (κ2) is 6.48. The standard InChI is InChI=1S/C17H25NO3/c1-12-6-4-7-13(10-12)21-9-5-8-16(20)18-14-11-15(19)17(14,2)3/h4,6-7,10,14-15,19H,5,8-9,11H2,1-3H3,(H,18,20). The predicted octanol–water partition coefficient (Wildman–Crippen LogP) is 2.43. The fraction of sp³-hybridized carbons (Fsp3) is 0.588. The Labute approximate surface area is 126 Å². The van der Waals surface area contributed by atoms with Crippen LogP contribution in [0.5, 0.6) is 5.75 Å². The van der Waals surface area contributed by atoms with E-state index >= 15 is 0 Å². The Morgan fingerprint density at radius 2 is 2.24 bits per heavy atom. The van der Waals surface area contributed by atoms with Crippen LogP contribution in [0.2, 0.25) is 0 Å². The van der Waals surface area contributed by atoms with Crippen LogP contribution in [-0.4, -0.2) is 29.8 Å². The number of benzene rings is 1. The van der Waals surface area contributed by atoms with Gasteiger partial charge in [-0.15, -0.1) is 0 Å². The molecular formula is C17H25NO3. The smallest absolute Gasteiger partial charge is 0.220 e. The molecule has 2 rings (SSSR count). The van der Waals surface area contributed by atoms with Gasteiger partial charge in [0.15, 0.2) is 0 Å². The van der Waals surface area contributed by atoms with E-state index in [4.69, 9.17) is 4.74 Å². The molecule has 2 unspecified atom stereocenters. The van der Waals surface area contributed by atoms with E-state index in [1.807, 2.05) is 45.0 Å². The lowest BCUT2D eigenvalue weighted by Crippen LogP contribution is -2.61. The summed E-state index contributed by atoms with van der Waals surface area (Å²) in [6.45, 7) is 6.52. The fourth-order valence-electron chi connectivity index (χ4n) is 2.54. The van der Waals surface area contributed by atoms with Crippen LogP contribution < -0.4 is 10.1 Å². The minimum Gasteiger partial charge on any atom is -0.494 e. The molecule has 1 aliphatic rings. The largest absolute Gasteiger partial charge is 0.494 e. The molecule has 4 nitrogen and oxygen atoms in total. The molecule has 1 fully saturated rings. The normalized spacial score (nSPS) is 23.2. The molecule has 0 heterocycles. The minimum atomic E-state index is -0.313. The second-order valence-corrected chi connectivity index (χ2v) is 6.46. The highest BCUT2D eigenvalue weighted by Crippen LogP contribution is 2.40. The van der Waals surface area contributed by atoms with Gasteiger partial charge in [0.25, 0.3) is 0 Å². The van der Waals surface area contributed by atoms with Crippen molar-refractivity contribution in [3.05, 3.63) is 29.8 Å². The summed E-state index contributed by atoms with van der Waals surface area (Å²) in [4.78, 5) is 11.9. The van der Waals surface area contributed by atoms with Gasteiger partial charge < -0.3 is 15.2 Å². The molecule has 116 valence electrons. The Balaban J connectivity index is 1.64. The molecule has 1 aromatic carbocycles. The van der Waals surface area contributed by atoms with Gasteiger partial charge >= 0.3 is 0 Å². The molecule has 0 bridgehead atoms. The summed E-state index contributed by atoms with van der Waals surface area (Å²) in [6, 6.07) is 7.97. The van der Waals surface area contributed by atoms with E-state index in [1.54, 1.807) is 0 Å². The number of aryl methyl sites for hydroxylation is 1. The summed E-state index contributed by atoms with van der Waals surface area (Å²) >= 11 is 0. The lowest BCUT2D eigenvalue weighted by atomic mass is 9.64. The molecule has 1 aliphatic carbocycles. The van der Waals surface area contributed by atoms with Gasteiger partial charge in [0.05, 0.1) is 12.7 Å². The van der Waals surface area contributed by atoms with Crippen molar-refractivity contribution in [3.63, 3.8) is 0 Å². The van der Waals surface area contributed by atoms with Gasteiger partial charge in [0.2, 0.25) is 5.91 Å². The maximum absolute atomic E-state index is 11.9. The molecule has 0 aromatic heterocycles. The van der Waals surface area contributed by atoms with Crippen molar-refractivity contribution in [1.82, 2.24) is 5.32 Å². The van der Waals surface area contributed by atoms with Crippen molar-refractivity contribution in [2.75, 3.05) is 6.61 Å². The van der Waals surface area contributed by atoms with Crippen LogP contribution in [0, 0.1) is 12.3 Å². The number of aliphatic hydroxyl groups is 1. The van der Waals surface area contributed by atoms with E-state index in [0.29, 0.717) is 25.9 Å². The Morgan fingerprint density at radius 1 is 1.48 bits per heavy atom. The minimum absolute atomic E-state index is 0.0350. The second-order valence-electron chi connectivity index (χ2n) is 6.46. The zero-order valence-electron chi connectivity index (χ0n) is 13.1. The van der Waals surface area contributed by atoms with Crippen LogP contribution in [0.3, 0.4) is 0 Å². The van der Waals surface area contributed by atoms with Gasteiger partial charge in [-0.2, -0.15) is 0 Å². The molecule has 1 amide bonds. The number of ether oxygens (including phenoxy) is 1. The van der Waals surface area contributed by atoms with Crippen LogP contribution in [0.4, 0.5) is 0 Å². The van der Waals surface area contributed by atoms with Crippen molar-refractivity contribution >= 4 is 5.91 Å². The summed E-state index contributed by atoms with van der Waals surface area (Å²) in [5.41, 5.74) is 0.948. The maximum Gasteiger partial charge on any atom is 0.220 e. The van der Waals surface area contributed by atoms with Gasteiger partial charge in [0, 0.05) is 17.9 Å². The lowest BCUT2D eigenvalue weighted by molar-refractivity contribution is -0.129. The fourth-order valence-corrected chi connectivity index (χ4v) is 2.54.